The molecule has 0 bridgehead atoms. The number of nitrogens with zero attached hydrogens (tertiary/aromatic N) is 2. The average molecular weight is 393 g/mol. The van der Waals surface area contributed by atoms with Crippen molar-refractivity contribution in [2.24, 2.45) is 5.92 Å². The van der Waals surface area contributed by atoms with Crippen LogP contribution in [0, 0.1) is 5.92 Å². The van der Waals surface area contributed by atoms with Gasteiger partial charge in [0, 0.05) is 37.2 Å². The second kappa shape index (κ2) is 9.79. The monoisotopic (exact) mass is 392 g/mol. The Kier molecular flexibility index (Phi) is 7.42. The second-order valence-corrected chi connectivity index (χ2v) is 8.28. The van der Waals surface area contributed by atoms with E-state index < -0.39 is 0 Å². The van der Waals surface area contributed by atoms with Gasteiger partial charge in [0.25, 0.3) is 5.91 Å². The number of ether oxygens (including phenoxy) is 1. The normalized spacial score (nSPS) is 26.0. The molecule has 2 unspecified atom stereocenters. The zero-order valence-electron chi connectivity index (χ0n) is 16.3. The summed E-state index contributed by atoms with van der Waals surface area (Å²) in [6, 6.07) is 8.61. The third kappa shape index (κ3) is 5.17. The number of piperidine rings is 3. The lowest BCUT2D eigenvalue weighted by Crippen LogP contribution is -2.47. The summed E-state index contributed by atoms with van der Waals surface area (Å²) >= 11 is 0. The molecular weight excluding hydrogens is 360 g/mol. The molecular formula is C22H33ClN2O2. The average Bonchev–Trinajstić information content (AvgIpc) is 2.72. The fourth-order valence-electron chi connectivity index (χ4n) is 4.80. The fourth-order valence-corrected chi connectivity index (χ4v) is 4.80. The van der Waals surface area contributed by atoms with E-state index in [2.05, 4.69) is 4.90 Å². The summed E-state index contributed by atoms with van der Waals surface area (Å²) in [7, 11) is 0. The second-order valence-electron chi connectivity index (χ2n) is 8.28. The summed E-state index contributed by atoms with van der Waals surface area (Å²) in [5.41, 5.74) is 0.785. The maximum absolute atomic E-state index is 12.5. The molecule has 1 amide bonds. The first-order valence-corrected chi connectivity index (χ1v) is 10.6. The van der Waals surface area contributed by atoms with Crippen molar-refractivity contribution in [2.45, 2.75) is 57.4 Å². The Morgan fingerprint density at radius 1 is 0.926 bits per heavy atom. The topological polar surface area (TPSA) is 32.8 Å². The molecule has 1 aromatic rings. The first-order valence-electron chi connectivity index (χ1n) is 10.6. The summed E-state index contributed by atoms with van der Waals surface area (Å²) in [5.74, 6) is 1.69. The van der Waals surface area contributed by atoms with E-state index in [1.807, 2.05) is 29.2 Å². The predicted molar refractivity (Wildman–Crippen MR) is 111 cm³/mol. The van der Waals surface area contributed by atoms with Gasteiger partial charge in [-0.05, 0) is 75.8 Å². The largest absolute Gasteiger partial charge is 0.493 e. The zero-order chi connectivity index (χ0) is 17.8. The lowest BCUT2D eigenvalue weighted by molar-refractivity contribution is 0.0565. The quantitative estimate of drug-likeness (QED) is 0.762. The number of carbonyl (C=O) groups excluding carboxylic acids is 1. The Hall–Kier alpha value is -1.26. The van der Waals surface area contributed by atoms with E-state index in [4.69, 9.17) is 4.74 Å². The fraction of sp³-hybridized carbons (Fsp3) is 0.682. The predicted octanol–water partition coefficient (Wildman–Crippen LogP) is 4.38. The Balaban J connectivity index is 0.00000210. The molecule has 1 aromatic carbocycles. The minimum atomic E-state index is 0. The molecule has 3 aliphatic rings. The van der Waals surface area contributed by atoms with Crippen LogP contribution in [0.25, 0.3) is 0 Å². The Morgan fingerprint density at radius 2 is 1.67 bits per heavy atom. The van der Waals surface area contributed by atoms with Gasteiger partial charge in [0.05, 0.1) is 6.61 Å². The molecule has 3 heterocycles. The SMILES string of the molecule is Cl.O=C(c1ccc(OCC2CCC3CCCCN3C2)cc1)N1CCCCC1. The van der Waals surface area contributed by atoms with Crippen LogP contribution in [0.4, 0.5) is 0 Å². The maximum atomic E-state index is 12.5. The van der Waals surface area contributed by atoms with Crippen molar-refractivity contribution in [1.29, 1.82) is 0 Å². The zero-order valence-corrected chi connectivity index (χ0v) is 17.1. The highest BCUT2D eigenvalue weighted by Gasteiger charge is 2.30. The minimum absolute atomic E-state index is 0. The molecule has 27 heavy (non-hydrogen) atoms. The van der Waals surface area contributed by atoms with Crippen LogP contribution in [-0.2, 0) is 0 Å². The lowest BCUT2D eigenvalue weighted by Gasteiger charge is -2.42. The standard InChI is InChI=1S/C22H32N2O2.ClH/c25-22(23-13-3-1-4-14-23)19-8-11-21(12-9-19)26-17-18-7-10-20-6-2-5-15-24(20)16-18;/h8-9,11-12,18,20H,1-7,10,13-17H2;1H. The van der Waals surface area contributed by atoms with Gasteiger partial charge < -0.3 is 9.64 Å². The van der Waals surface area contributed by atoms with Gasteiger partial charge in [0.2, 0.25) is 0 Å². The van der Waals surface area contributed by atoms with E-state index in [1.165, 1.54) is 51.6 Å². The Morgan fingerprint density at radius 3 is 2.44 bits per heavy atom. The minimum Gasteiger partial charge on any atom is -0.493 e. The van der Waals surface area contributed by atoms with Crippen molar-refractivity contribution in [2.75, 3.05) is 32.8 Å². The summed E-state index contributed by atoms with van der Waals surface area (Å²) in [6.45, 7) is 5.06. The lowest BCUT2D eigenvalue weighted by atomic mass is 9.88. The molecule has 0 radical (unpaired) electrons. The molecule has 2 atom stereocenters. The highest BCUT2D eigenvalue weighted by atomic mass is 35.5. The van der Waals surface area contributed by atoms with E-state index in [-0.39, 0.29) is 18.3 Å². The number of amides is 1. The number of likely N-dealkylation sites (tertiary alicyclic amines) is 1. The van der Waals surface area contributed by atoms with Crippen molar-refractivity contribution in [3.63, 3.8) is 0 Å². The van der Waals surface area contributed by atoms with Crippen molar-refractivity contribution in [1.82, 2.24) is 9.80 Å². The van der Waals surface area contributed by atoms with Gasteiger partial charge in [-0.25, -0.2) is 0 Å². The molecule has 4 nitrogen and oxygen atoms in total. The number of rotatable bonds is 4. The molecule has 150 valence electrons. The third-order valence-electron chi connectivity index (χ3n) is 6.38. The van der Waals surface area contributed by atoms with Crippen LogP contribution in [0.15, 0.2) is 24.3 Å². The Labute approximate surface area is 169 Å². The van der Waals surface area contributed by atoms with Crippen LogP contribution >= 0.6 is 12.4 Å². The Bertz CT molecular complexity index is 601. The molecule has 0 saturated carbocycles. The van der Waals surface area contributed by atoms with Crippen molar-refractivity contribution >= 4 is 18.3 Å². The highest BCUT2D eigenvalue weighted by molar-refractivity contribution is 5.94. The van der Waals surface area contributed by atoms with E-state index in [0.29, 0.717) is 5.92 Å². The maximum Gasteiger partial charge on any atom is 0.253 e. The number of fused-ring (bicyclic) bond motifs is 1. The molecule has 5 heteroatoms. The van der Waals surface area contributed by atoms with Gasteiger partial charge >= 0.3 is 0 Å². The number of hydrogen-bond donors (Lipinski definition) is 0. The van der Waals surface area contributed by atoms with Gasteiger partial charge in [0.1, 0.15) is 5.75 Å². The molecule has 0 N–H and O–H groups in total. The number of halogens is 1. The van der Waals surface area contributed by atoms with Crippen LogP contribution in [-0.4, -0.2) is 54.5 Å². The van der Waals surface area contributed by atoms with Crippen LogP contribution in [0.3, 0.4) is 0 Å². The summed E-state index contributed by atoms with van der Waals surface area (Å²) in [6.07, 6.45) is 10.3. The molecule has 3 aliphatic heterocycles. The van der Waals surface area contributed by atoms with Crippen LogP contribution < -0.4 is 4.74 Å². The first kappa shape index (κ1) is 20.5. The first-order chi connectivity index (χ1) is 12.8. The van der Waals surface area contributed by atoms with Gasteiger partial charge in [-0.3, -0.25) is 9.69 Å². The van der Waals surface area contributed by atoms with E-state index in [1.54, 1.807) is 0 Å². The highest BCUT2D eigenvalue weighted by Crippen LogP contribution is 2.29. The summed E-state index contributed by atoms with van der Waals surface area (Å²) < 4.78 is 6.05. The number of benzene rings is 1. The molecule has 0 spiro atoms. The summed E-state index contributed by atoms with van der Waals surface area (Å²) in [5, 5.41) is 0. The van der Waals surface area contributed by atoms with Crippen LogP contribution in [0.1, 0.15) is 61.7 Å². The summed E-state index contributed by atoms with van der Waals surface area (Å²) in [4.78, 5) is 17.2. The van der Waals surface area contributed by atoms with Crippen molar-refractivity contribution < 1.29 is 9.53 Å². The molecule has 3 fully saturated rings. The third-order valence-corrected chi connectivity index (χ3v) is 6.38. The molecule has 0 aliphatic carbocycles. The van der Waals surface area contributed by atoms with E-state index in [9.17, 15) is 4.79 Å². The van der Waals surface area contributed by atoms with Crippen molar-refractivity contribution in [3.05, 3.63) is 29.8 Å². The van der Waals surface area contributed by atoms with Gasteiger partial charge in [-0.2, -0.15) is 0 Å². The van der Waals surface area contributed by atoms with Gasteiger partial charge in [-0.1, -0.05) is 6.42 Å². The van der Waals surface area contributed by atoms with Crippen LogP contribution in [0.2, 0.25) is 0 Å². The van der Waals surface area contributed by atoms with Crippen LogP contribution in [0.5, 0.6) is 5.75 Å². The van der Waals surface area contributed by atoms with Gasteiger partial charge in [-0.15, -0.1) is 12.4 Å². The van der Waals surface area contributed by atoms with E-state index in [0.717, 1.165) is 49.9 Å². The van der Waals surface area contributed by atoms with Crippen molar-refractivity contribution in [3.8, 4) is 5.75 Å². The number of carbonyl (C=O) groups is 1. The molecule has 3 saturated heterocycles. The number of hydrogen-bond acceptors (Lipinski definition) is 3. The molecule has 4 rings (SSSR count). The smallest absolute Gasteiger partial charge is 0.253 e. The van der Waals surface area contributed by atoms with Gasteiger partial charge in [0.15, 0.2) is 0 Å². The van der Waals surface area contributed by atoms with E-state index >= 15 is 0 Å². The molecule has 0 aromatic heterocycles.